The Balaban J connectivity index is 2.35. The number of nitrogens with zero attached hydrogens (tertiary/aromatic N) is 2. The van der Waals surface area contributed by atoms with Crippen LogP contribution in [0, 0.1) is 0 Å². The Morgan fingerprint density at radius 1 is 1.05 bits per heavy atom. The molecule has 0 saturated heterocycles. The molecule has 0 radical (unpaired) electrons. The molecule has 0 spiro atoms. The number of benzene rings is 1. The Hall–Kier alpha value is -2.10. The highest BCUT2D eigenvalue weighted by Gasteiger charge is 2.18. The van der Waals surface area contributed by atoms with Gasteiger partial charge in [-0.15, -0.1) is 0 Å². The van der Waals surface area contributed by atoms with Gasteiger partial charge >= 0.3 is 0 Å². The van der Waals surface area contributed by atoms with E-state index in [0.29, 0.717) is 11.6 Å². The minimum atomic E-state index is -0.0630. The third kappa shape index (κ3) is 3.94. The summed E-state index contributed by atoms with van der Waals surface area (Å²) in [4.78, 5) is 8.97. The maximum atomic E-state index is 5.91. The quantitative estimate of drug-likeness (QED) is 0.931. The summed E-state index contributed by atoms with van der Waals surface area (Å²) in [6.45, 7) is 10.3. The zero-order valence-corrected chi connectivity index (χ0v) is 13.3. The second-order valence-corrected chi connectivity index (χ2v) is 6.44. The van der Waals surface area contributed by atoms with Crippen molar-refractivity contribution in [3.63, 3.8) is 0 Å². The fraction of sp³-hybridized carbons (Fsp3) is 0.412. The third-order valence-electron chi connectivity index (χ3n) is 3.00. The second kappa shape index (κ2) is 5.72. The second-order valence-electron chi connectivity index (χ2n) is 6.44. The summed E-state index contributed by atoms with van der Waals surface area (Å²) in [5.74, 6) is 1.98. The fourth-order valence-electron chi connectivity index (χ4n) is 1.93. The van der Waals surface area contributed by atoms with Crippen LogP contribution < -0.4 is 10.5 Å². The van der Waals surface area contributed by atoms with Crippen molar-refractivity contribution in [3.05, 3.63) is 36.0 Å². The first-order chi connectivity index (χ1) is 9.75. The van der Waals surface area contributed by atoms with E-state index in [1.165, 1.54) is 0 Å². The zero-order chi connectivity index (χ0) is 15.6. The minimum Gasteiger partial charge on any atom is -0.491 e. The number of nitrogens with two attached hydrogens (primary N) is 1. The topological polar surface area (TPSA) is 61.0 Å². The van der Waals surface area contributed by atoms with Crippen LogP contribution >= 0.6 is 0 Å². The lowest BCUT2D eigenvalue weighted by Gasteiger charge is -2.18. The van der Waals surface area contributed by atoms with Gasteiger partial charge in [0.25, 0.3) is 0 Å². The zero-order valence-electron chi connectivity index (χ0n) is 13.3. The molecule has 0 unspecified atom stereocenters. The number of aromatic nitrogens is 2. The fourth-order valence-corrected chi connectivity index (χ4v) is 1.93. The third-order valence-corrected chi connectivity index (χ3v) is 3.00. The van der Waals surface area contributed by atoms with E-state index in [4.69, 9.17) is 10.5 Å². The van der Waals surface area contributed by atoms with Crippen molar-refractivity contribution in [3.8, 4) is 17.1 Å². The van der Waals surface area contributed by atoms with E-state index in [2.05, 4.69) is 30.7 Å². The van der Waals surface area contributed by atoms with Gasteiger partial charge in [0.15, 0.2) is 5.82 Å². The molecule has 0 amide bonds. The molecule has 0 aliphatic carbocycles. The lowest BCUT2D eigenvalue weighted by molar-refractivity contribution is 0.242. The molecule has 4 nitrogen and oxygen atoms in total. The van der Waals surface area contributed by atoms with Gasteiger partial charge in [-0.05, 0) is 38.1 Å². The van der Waals surface area contributed by atoms with E-state index in [1.807, 2.05) is 44.2 Å². The molecule has 0 bridgehead atoms. The lowest BCUT2D eigenvalue weighted by atomic mass is 9.92. The van der Waals surface area contributed by atoms with Crippen molar-refractivity contribution < 1.29 is 4.74 Å². The number of hydrogen-bond acceptors (Lipinski definition) is 4. The van der Waals surface area contributed by atoms with Gasteiger partial charge in [-0.3, -0.25) is 0 Å². The van der Waals surface area contributed by atoms with Crippen LogP contribution in [0.15, 0.2) is 30.3 Å². The summed E-state index contributed by atoms with van der Waals surface area (Å²) in [6.07, 6.45) is 0.159. The molecule has 112 valence electrons. The van der Waals surface area contributed by atoms with Gasteiger partial charge < -0.3 is 10.5 Å². The molecule has 1 heterocycles. The van der Waals surface area contributed by atoms with Crippen LogP contribution in [0.25, 0.3) is 11.4 Å². The van der Waals surface area contributed by atoms with E-state index >= 15 is 0 Å². The molecular weight excluding hydrogens is 262 g/mol. The van der Waals surface area contributed by atoms with Crippen molar-refractivity contribution in [1.29, 1.82) is 0 Å². The van der Waals surface area contributed by atoms with Gasteiger partial charge in [-0.2, -0.15) is 0 Å². The van der Waals surface area contributed by atoms with E-state index in [9.17, 15) is 0 Å². The maximum absolute atomic E-state index is 5.91. The van der Waals surface area contributed by atoms with E-state index in [-0.39, 0.29) is 11.5 Å². The van der Waals surface area contributed by atoms with Gasteiger partial charge in [-0.25, -0.2) is 9.97 Å². The SMILES string of the molecule is CC(C)Oc1ccc(-c2nc(N)cc(C(C)(C)C)n2)cc1. The highest BCUT2D eigenvalue weighted by molar-refractivity contribution is 5.58. The first kappa shape index (κ1) is 15.3. The molecule has 2 aromatic rings. The lowest BCUT2D eigenvalue weighted by Crippen LogP contribution is -2.15. The Morgan fingerprint density at radius 3 is 2.19 bits per heavy atom. The van der Waals surface area contributed by atoms with E-state index in [1.54, 1.807) is 0 Å². The molecule has 2 N–H and O–H groups in total. The average Bonchev–Trinajstić information content (AvgIpc) is 2.37. The van der Waals surface area contributed by atoms with Crippen LogP contribution in [0.1, 0.15) is 40.3 Å². The van der Waals surface area contributed by atoms with Crippen LogP contribution in [0.5, 0.6) is 5.75 Å². The van der Waals surface area contributed by atoms with E-state index < -0.39 is 0 Å². The number of hydrogen-bond donors (Lipinski definition) is 1. The molecule has 0 aliphatic heterocycles. The summed E-state index contributed by atoms with van der Waals surface area (Å²) in [6, 6.07) is 9.61. The molecule has 1 aromatic carbocycles. The van der Waals surface area contributed by atoms with Gasteiger partial charge in [0.05, 0.1) is 11.8 Å². The minimum absolute atomic E-state index is 0.0630. The number of anilines is 1. The Morgan fingerprint density at radius 2 is 1.67 bits per heavy atom. The highest BCUT2D eigenvalue weighted by Crippen LogP contribution is 2.26. The average molecular weight is 285 g/mol. The molecule has 0 atom stereocenters. The summed E-state index contributed by atoms with van der Waals surface area (Å²) < 4.78 is 5.64. The Kier molecular flexibility index (Phi) is 4.16. The summed E-state index contributed by atoms with van der Waals surface area (Å²) in [5, 5.41) is 0. The van der Waals surface area contributed by atoms with Crippen molar-refractivity contribution in [1.82, 2.24) is 9.97 Å². The maximum Gasteiger partial charge on any atom is 0.161 e. The van der Waals surface area contributed by atoms with E-state index in [0.717, 1.165) is 17.0 Å². The summed E-state index contributed by atoms with van der Waals surface area (Å²) in [5.41, 5.74) is 7.72. The van der Waals surface area contributed by atoms with Crippen LogP contribution in [-0.2, 0) is 5.41 Å². The van der Waals surface area contributed by atoms with Crippen molar-refractivity contribution in [2.75, 3.05) is 5.73 Å². The predicted molar refractivity (Wildman–Crippen MR) is 86.3 cm³/mol. The molecule has 4 heteroatoms. The van der Waals surface area contributed by atoms with Crippen LogP contribution in [-0.4, -0.2) is 16.1 Å². The predicted octanol–water partition coefficient (Wildman–Crippen LogP) is 3.81. The summed E-state index contributed by atoms with van der Waals surface area (Å²) in [7, 11) is 0. The number of nitrogen functional groups attached to an aromatic ring is 1. The number of rotatable bonds is 3. The monoisotopic (exact) mass is 285 g/mol. The van der Waals surface area contributed by atoms with Crippen molar-refractivity contribution in [2.24, 2.45) is 0 Å². The Labute approximate surface area is 126 Å². The van der Waals surface area contributed by atoms with Crippen LogP contribution in [0.3, 0.4) is 0 Å². The number of ether oxygens (including phenoxy) is 1. The van der Waals surface area contributed by atoms with Gasteiger partial charge in [0.1, 0.15) is 11.6 Å². The van der Waals surface area contributed by atoms with Crippen LogP contribution in [0.2, 0.25) is 0 Å². The van der Waals surface area contributed by atoms with Crippen molar-refractivity contribution in [2.45, 2.75) is 46.1 Å². The smallest absolute Gasteiger partial charge is 0.161 e. The molecule has 0 fully saturated rings. The normalized spacial score (nSPS) is 11.7. The standard InChI is InChI=1S/C17H23N3O/c1-11(2)21-13-8-6-12(7-9-13)16-19-14(17(3,4)5)10-15(18)20-16/h6-11H,1-5H3,(H2,18,19,20). The molecular formula is C17H23N3O. The van der Waals surface area contributed by atoms with Gasteiger partial charge in [0.2, 0.25) is 0 Å². The van der Waals surface area contributed by atoms with Gasteiger partial charge in [0, 0.05) is 17.0 Å². The Bertz CT molecular complexity index is 613. The first-order valence-electron chi connectivity index (χ1n) is 7.18. The molecule has 21 heavy (non-hydrogen) atoms. The first-order valence-corrected chi connectivity index (χ1v) is 7.18. The van der Waals surface area contributed by atoms with Crippen LogP contribution in [0.4, 0.5) is 5.82 Å². The molecule has 0 aliphatic rings. The highest BCUT2D eigenvalue weighted by atomic mass is 16.5. The van der Waals surface area contributed by atoms with Crippen molar-refractivity contribution >= 4 is 5.82 Å². The molecule has 1 aromatic heterocycles. The molecule has 2 rings (SSSR count). The largest absolute Gasteiger partial charge is 0.491 e. The molecule has 0 saturated carbocycles. The summed E-state index contributed by atoms with van der Waals surface area (Å²) >= 11 is 0. The van der Waals surface area contributed by atoms with Gasteiger partial charge in [-0.1, -0.05) is 20.8 Å².